The molecular formula is C16H14F3N5O2S. The van der Waals surface area contributed by atoms with Crippen molar-refractivity contribution in [2.45, 2.75) is 30.6 Å². The number of benzene rings is 1. The second-order valence-electron chi connectivity index (χ2n) is 6.15. The van der Waals surface area contributed by atoms with Crippen LogP contribution >= 0.6 is 0 Å². The van der Waals surface area contributed by atoms with Crippen molar-refractivity contribution in [3.8, 4) is 0 Å². The van der Waals surface area contributed by atoms with E-state index in [1.165, 1.54) is 19.2 Å². The molecule has 3 heterocycles. The minimum Gasteiger partial charge on any atom is -0.305 e. The number of sulfonamides is 1. The third-order valence-corrected chi connectivity index (χ3v) is 6.57. The van der Waals surface area contributed by atoms with Crippen LogP contribution in [0.5, 0.6) is 0 Å². The number of fused-ring (bicyclic) bond motifs is 2. The lowest BCUT2D eigenvalue weighted by molar-refractivity contribution is -0.147. The van der Waals surface area contributed by atoms with Gasteiger partial charge in [0.2, 0.25) is 15.8 Å². The summed E-state index contributed by atoms with van der Waals surface area (Å²) in [5, 5.41) is 7.47. The molecule has 0 aliphatic carbocycles. The number of hydrogen-bond donors (Lipinski definition) is 0. The van der Waals surface area contributed by atoms with Crippen LogP contribution in [0.1, 0.15) is 24.6 Å². The van der Waals surface area contributed by atoms with E-state index in [1.807, 2.05) is 0 Å². The third kappa shape index (κ3) is 2.77. The molecule has 0 bridgehead atoms. The molecule has 1 aliphatic rings. The molecule has 7 nitrogen and oxygen atoms in total. The van der Waals surface area contributed by atoms with Crippen LogP contribution in [0, 0.1) is 0 Å². The lowest BCUT2D eigenvalue weighted by Gasteiger charge is -2.32. The molecule has 0 fully saturated rings. The lowest BCUT2D eigenvalue weighted by atomic mass is 10.2. The molecule has 1 unspecified atom stereocenters. The molecule has 1 aliphatic heterocycles. The highest BCUT2D eigenvalue weighted by atomic mass is 32.2. The molecule has 4 rings (SSSR count). The zero-order chi connectivity index (χ0) is 19.4. The van der Waals surface area contributed by atoms with Gasteiger partial charge in [0, 0.05) is 24.7 Å². The molecule has 1 atom stereocenters. The standard InChI is InChI=1S/C16H14F3N5O2S/c1-10-14-21-22-15(16(17,18)19)23(14)8-9-24(10)27(25,26)12-6-2-4-11-5-3-7-20-13(11)12/h2-7,10H,8-9H2,1H3. The minimum absolute atomic E-state index is 0.0106. The molecule has 3 aromatic rings. The van der Waals surface area contributed by atoms with Crippen LogP contribution in [0.4, 0.5) is 13.2 Å². The van der Waals surface area contributed by atoms with Crippen molar-refractivity contribution >= 4 is 20.9 Å². The maximum Gasteiger partial charge on any atom is 0.451 e. The highest BCUT2D eigenvalue weighted by molar-refractivity contribution is 7.89. The fourth-order valence-corrected chi connectivity index (χ4v) is 5.07. The van der Waals surface area contributed by atoms with E-state index in [0.717, 1.165) is 8.87 Å². The Hall–Kier alpha value is -2.53. The van der Waals surface area contributed by atoms with Gasteiger partial charge in [0.1, 0.15) is 4.90 Å². The topological polar surface area (TPSA) is 81.0 Å². The molecule has 1 aromatic carbocycles. The Balaban J connectivity index is 1.79. The van der Waals surface area contributed by atoms with Crippen molar-refractivity contribution in [3.05, 3.63) is 48.2 Å². The Bertz CT molecular complexity index is 1120. The summed E-state index contributed by atoms with van der Waals surface area (Å²) in [5.74, 6) is -1.15. The Morgan fingerprint density at radius 3 is 2.59 bits per heavy atom. The number of nitrogens with zero attached hydrogens (tertiary/aromatic N) is 5. The fourth-order valence-electron chi connectivity index (χ4n) is 3.31. The Morgan fingerprint density at radius 2 is 1.85 bits per heavy atom. The van der Waals surface area contributed by atoms with Gasteiger partial charge in [-0.15, -0.1) is 10.2 Å². The van der Waals surface area contributed by atoms with Crippen molar-refractivity contribution in [1.29, 1.82) is 0 Å². The summed E-state index contributed by atoms with van der Waals surface area (Å²) in [6.45, 7) is 1.19. The van der Waals surface area contributed by atoms with E-state index in [4.69, 9.17) is 0 Å². The number of alkyl halides is 3. The van der Waals surface area contributed by atoms with Gasteiger partial charge in [0.05, 0.1) is 11.6 Å². The first-order chi connectivity index (χ1) is 12.7. The summed E-state index contributed by atoms with van der Waals surface area (Å²) in [6, 6.07) is 7.34. The van der Waals surface area contributed by atoms with E-state index in [9.17, 15) is 21.6 Å². The summed E-state index contributed by atoms with van der Waals surface area (Å²) in [6.07, 6.45) is -3.15. The van der Waals surface area contributed by atoms with E-state index in [0.29, 0.717) is 10.9 Å². The molecule has 0 saturated carbocycles. The van der Waals surface area contributed by atoms with E-state index < -0.39 is 28.1 Å². The van der Waals surface area contributed by atoms with Crippen LogP contribution in [0.15, 0.2) is 41.4 Å². The highest BCUT2D eigenvalue weighted by Gasteiger charge is 2.43. The second-order valence-corrected chi connectivity index (χ2v) is 8.01. The molecule has 2 aromatic heterocycles. The normalized spacial score (nSPS) is 18.6. The van der Waals surface area contributed by atoms with E-state index in [-0.39, 0.29) is 23.8 Å². The SMILES string of the molecule is CC1c2nnc(C(F)(F)F)n2CCN1S(=O)(=O)c1cccc2cccnc12. The summed E-state index contributed by atoms with van der Waals surface area (Å²) in [4.78, 5) is 4.17. The predicted octanol–water partition coefficient (Wildman–Crippen LogP) is 2.61. The molecule has 0 N–H and O–H groups in total. The number of hydrogen-bond acceptors (Lipinski definition) is 5. The van der Waals surface area contributed by atoms with Crippen molar-refractivity contribution < 1.29 is 21.6 Å². The first-order valence-electron chi connectivity index (χ1n) is 8.07. The van der Waals surface area contributed by atoms with Crippen LogP contribution in [-0.4, -0.2) is 39.0 Å². The summed E-state index contributed by atoms with van der Waals surface area (Å²) in [5.41, 5.74) is 0.315. The molecule has 0 amide bonds. The molecule has 27 heavy (non-hydrogen) atoms. The van der Waals surface area contributed by atoms with Gasteiger partial charge in [-0.1, -0.05) is 18.2 Å². The van der Waals surface area contributed by atoms with Crippen molar-refractivity contribution in [3.63, 3.8) is 0 Å². The summed E-state index contributed by atoms with van der Waals surface area (Å²) < 4.78 is 67.7. The van der Waals surface area contributed by atoms with Gasteiger partial charge >= 0.3 is 6.18 Å². The maximum atomic E-state index is 13.2. The summed E-state index contributed by atoms with van der Waals surface area (Å²) >= 11 is 0. The Labute approximate surface area is 152 Å². The molecular weight excluding hydrogens is 383 g/mol. The highest BCUT2D eigenvalue weighted by Crippen LogP contribution is 2.35. The van der Waals surface area contributed by atoms with Crippen LogP contribution < -0.4 is 0 Å². The Morgan fingerprint density at radius 1 is 1.11 bits per heavy atom. The average molecular weight is 397 g/mol. The first-order valence-corrected chi connectivity index (χ1v) is 9.51. The predicted molar refractivity (Wildman–Crippen MR) is 89.1 cm³/mol. The minimum atomic E-state index is -4.65. The smallest absolute Gasteiger partial charge is 0.305 e. The van der Waals surface area contributed by atoms with Gasteiger partial charge in [-0.25, -0.2) is 8.42 Å². The largest absolute Gasteiger partial charge is 0.451 e. The number of halogens is 3. The monoisotopic (exact) mass is 397 g/mol. The molecule has 0 saturated heterocycles. The maximum absolute atomic E-state index is 13.2. The van der Waals surface area contributed by atoms with Crippen LogP contribution in [0.25, 0.3) is 10.9 Å². The zero-order valence-corrected chi connectivity index (χ0v) is 14.9. The van der Waals surface area contributed by atoms with Crippen LogP contribution in [0.3, 0.4) is 0 Å². The van der Waals surface area contributed by atoms with Crippen molar-refractivity contribution in [1.82, 2.24) is 24.1 Å². The second kappa shape index (κ2) is 5.99. The number of pyridine rings is 1. The molecule has 0 radical (unpaired) electrons. The van der Waals surface area contributed by atoms with E-state index in [2.05, 4.69) is 15.2 Å². The van der Waals surface area contributed by atoms with Gasteiger partial charge in [-0.2, -0.15) is 17.5 Å². The molecule has 0 spiro atoms. The van der Waals surface area contributed by atoms with E-state index >= 15 is 0 Å². The fraction of sp³-hybridized carbons (Fsp3) is 0.312. The van der Waals surface area contributed by atoms with Gasteiger partial charge < -0.3 is 4.57 Å². The Kier molecular flexibility index (Phi) is 3.96. The van der Waals surface area contributed by atoms with Gasteiger partial charge in [0.25, 0.3) is 0 Å². The van der Waals surface area contributed by atoms with Gasteiger partial charge in [0.15, 0.2) is 5.82 Å². The number of aromatic nitrogens is 4. The van der Waals surface area contributed by atoms with Crippen LogP contribution in [0.2, 0.25) is 0 Å². The average Bonchev–Trinajstić information content (AvgIpc) is 3.06. The van der Waals surface area contributed by atoms with Gasteiger partial charge in [-0.05, 0) is 19.1 Å². The molecule has 11 heteroatoms. The van der Waals surface area contributed by atoms with E-state index in [1.54, 1.807) is 24.3 Å². The van der Waals surface area contributed by atoms with Crippen molar-refractivity contribution in [2.75, 3.05) is 6.54 Å². The summed E-state index contributed by atoms with van der Waals surface area (Å²) in [7, 11) is -4.00. The number of para-hydroxylation sites is 1. The molecule has 142 valence electrons. The van der Waals surface area contributed by atoms with Crippen LogP contribution in [-0.2, 0) is 22.7 Å². The quantitative estimate of drug-likeness (QED) is 0.664. The van der Waals surface area contributed by atoms with Gasteiger partial charge in [-0.3, -0.25) is 4.98 Å². The zero-order valence-electron chi connectivity index (χ0n) is 14.1. The third-order valence-electron chi connectivity index (χ3n) is 4.56. The van der Waals surface area contributed by atoms with Crippen molar-refractivity contribution in [2.24, 2.45) is 0 Å². The number of rotatable bonds is 2. The lowest BCUT2D eigenvalue weighted by Crippen LogP contribution is -2.42. The first kappa shape index (κ1) is 17.9.